The first-order chi connectivity index (χ1) is 8.77. The fourth-order valence-corrected chi connectivity index (χ4v) is 2.22. The summed E-state index contributed by atoms with van der Waals surface area (Å²) < 4.78 is 1.94. The van der Waals surface area contributed by atoms with E-state index in [1.54, 1.807) is 18.7 Å². The number of rotatable bonds is 2. The van der Waals surface area contributed by atoms with Gasteiger partial charge in [-0.3, -0.25) is 4.98 Å². The zero-order valence-electron chi connectivity index (χ0n) is 10.1. The lowest BCUT2D eigenvalue weighted by atomic mass is 10.00. The van der Waals surface area contributed by atoms with Gasteiger partial charge in [0.2, 0.25) is 0 Å². The van der Waals surface area contributed by atoms with E-state index >= 15 is 0 Å². The predicted octanol–water partition coefficient (Wildman–Crippen LogP) is 2.02. The Kier molecular flexibility index (Phi) is 2.57. The van der Waals surface area contributed by atoms with Gasteiger partial charge in [-0.25, -0.2) is 4.98 Å². The molecule has 0 saturated heterocycles. The Morgan fingerprint density at radius 1 is 1.22 bits per heavy atom. The first kappa shape index (κ1) is 10.9. The van der Waals surface area contributed by atoms with Gasteiger partial charge in [-0.05, 0) is 17.7 Å². The lowest BCUT2D eigenvalue weighted by Gasteiger charge is -2.14. The first-order valence-electron chi connectivity index (χ1n) is 5.83. The SMILES string of the molecule is Cn1cncc1C(N)c1cccc2ncccc12. The molecule has 0 saturated carbocycles. The molecule has 1 unspecified atom stereocenters. The van der Waals surface area contributed by atoms with Crippen molar-refractivity contribution in [2.24, 2.45) is 12.8 Å². The van der Waals surface area contributed by atoms with E-state index in [9.17, 15) is 0 Å². The molecule has 0 amide bonds. The number of hydrogen-bond donors (Lipinski definition) is 1. The summed E-state index contributed by atoms with van der Waals surface area (Å²) in [5.41, 5.74) is 9.37. The molecule has 4 heteroatoms. The van der Waals surface area contributed by atoms with Gasteiger partial charge in [-0.15, -0.1) is 0 Å². The number of nitrogens with two attached hydrogens (primary N) is 1. The highest BCUT2D eigenvalue weighted by Crippen LogP contribution is 2.25. The molecule has 18 heavy (non-hydrogen) atoms. The van der Waals surface area contributed by atoms with Crippen LogP contribution in [0.5, 0.6) is 0 Å². The van der Waals surface area contributed by atoms with Crippen LogP contribution in [0.15, 0.2) is 49.1 Å². The summed E-state index contributed by atoms with van der Waals surface area (Å²) in [5.74, 6) is 0. The summed E-state index contributed by atoms with van der Waals surface area (Å²) >= 11 is 0. The molecule has 0 aliphatic heterocycles. The van der Waals surface area contributed by atoms with Crippen molar-refractivity contribution in [1.29, 1.82) is 0 Å². The van der Waals surface area contributed by atoms with Crippen LogP contribution in [-0.4, -0.2) is 14.5 Å². The quantitative estimate of drug-likeness (QED) is 0.743. The summed E-state index contributed by atoms with van der Waals surface area (Å²) in [4.78, 5) is 8.47. The minimum absolute atomic E-state index is 0.189. The van der Waals surface area contributed by atoms with E-state index < -0.39 is 0 Å². The monoisotopic (exact) mass is 238 g/mol. The molecule has 0 spiro atoms. The van der Waals surface area contributed by atoms with Gasteiger partial charge >= 0.3 is 0 Å². The second-order valence-corrected chi connectivity index (χ2v) is 4.32. The summed E-state index contributed by atoms with van der Waals surface area (Å²) in [6, 6.07) is 9.82. The topological polar surface area (TPSA) is 56.7 Å². The average molecular weight is 238 g/mol. The second-order valence-electron chi connectivity index (χ2n) is 4.32. The van der Waals surface area contributed by atoms with E-state index in [4.69, 9.17) is 5.73 Å². The van der Waals surface area contributed by atoms with Crippen molar-refractivity contribution in [3.63, 3.8) is 0 Å². The largest absolute Gasteiger partial charge is 0.336 e. The van der Waals surface area contributed by atoms with Crippen LogP contribution in [0.1, 0.15) is 17.3 Å². The minimum Gasteiger partial charge on any atom is -0.336 e. The predicted molar refractivity (Wildman–Crippen MR) is 71.0 cm³/mol. The third kappa shape index (κ3) is 1.67. The van der Waals surface area contributed by atoms with Crippen molar-refractivity contribution in [2.75, 3.05) is 0 Å². The molecule has 0 radical (unpaired) electrons. The van der Waals surface area contributed by atoms with Crippen LogP contribution in [0.2, 0.25) is 0 Å². The number of imidazole rings is 1. The number of fused-ring (bicyclic) bond motifs is 1. The van der Waals surface area contributed by atoms with Crippen LogP contribution in [-0.2, 0) is 7.05 Å². The molecule has 90 valence electrons. The van der Waals surface area contributed by atoms with E-state index in [2.05, 4.69) is 9.97 Å². The van der Waals surface area contributed by atoms with Gasteiger partial charge < -0.3 is 10.3 Å². The Labute approximate surface area is 105 Å². The molecule has 4 nitrogen and oxygen atoms in total. The highest BCUT2D eigenvalue weighted by molar-refractivity contribution is 5.82. The summed E-state index contributed by atoms with van der Waals surface area (Å²) in [7, 11) is 1.95. The molecule has 0 aliphatic rings. The molecule has 0 aliphatic carbocycles. The van der Waals surface area contributed by atoms with Gasteiger partial charge in [-0.1, -0.05) is 18.2 Å². The van der Waals surface area contributed by atoms with Crippen molar-refractivity contribution in [2.45, 2.75) is 6.04 Å². The number of benzene rings is 1. The Balaban J connectivity index is 2.18. The second kappa shape index (κ2) is 4.23. The molecule has 0 fully saturated rings. The number of hydrogen-bond acceptors (Lipinski definition) is 3. The van der Waals surface area contributed by atoms with Crippen LogP contribution in [0.3, 0.4) is 0 Å². The molecule has 3 rings (SSSR count). The lowest BCUT2D eigenvalue weighted by molar-refractivity contribution is 0.750. The molecule has 2 aromatic heterocycles. The Bertz CT molecular complexity index is 682. The number of aromatic nitrogens is 3. The molecule has 2 N–H and O–H groups in total. The highest BCUT2D eigenvalue weighted by Gasteiger charge is 2.14. The van der Waals surface area contributed by atoms with E-state index in [1.807, 2.05) is 41.9 Å². The average Bonchev–Trinajstić information content (AvgIpc) is 2.83. The molecular formula is C14H14N4. The van der Waals surface area contributed by atoms with Crippen LogP contribution in [0.25, 0.3) is 10.9 Å². The van der Waals surface area contributed by atoms with E-state index in [0.717, 1.165) is 22.2 Å². The summed E-state index contributed by atoms with van der Waals surface area (Å²) in [6.45, 7) is 0. The zero-order chi connectivity index (χ0) is 12.5. The van der Waals surface area contributed by atoms with E-state index in [0.29, 0.717) is 0 Å². The Hall–Kier alpha value is -2.20. The van der Waals surface area contributed by atoms with Crippen LogP contribution >= 0.6 is 0 Å². The van der Waals surface area contributed by atoms with Gasteiger partial charge in [0.05, 0.1) is 29.8 Å². The van der Waals surface area contributed by atoms with Crippen molar-refractivity contribution < 1.29 is 0 Å². The number of aryl methyl sites for hydroxylation is 1. The highest BCUT2D eigenvalue weighted by atomic mass is 15.0. The van der Waals surface area contributed by atoms with E-state index in [1.165, 1.54) is 0 Å². The maximum Gasteiger partial charge on any atom is 0.0946 e. The fraction of sp³-hybridized carbons (Fsp3) is 0.143. The first-order valence-corrected chi connectivity index (χ1v) is 5.83. The summed E-state index contributed by atoms with van der Waals surface area (Å²) in [5, 5.41) is 1.09. The maximum absolute atomic E-state index is 6.34. The van der Waals surface area contributed by atoms with Crippen molar-refractivity contribution in [3.05, 3.63) is 60.3 Å². The van der Waals surface area contributed by atoms with Gasteiger partial charge in [-0.2, -0.15) is 0 Å². The van der Waals surface area contributed by atoms with Gasteiger partial charge in [0.25, 0.3) is 0 Å². The number of nitrogens with zero attached hydrogens (tertiary/aromatic N) is 3. The van der Waals surface area contributed by atoms with Gasteiger partial charge in [0.1, 0.15) is 0 Å². The fourth-order valence-electron chi connectivity index (χ4n) is 2.22. The van der Waals surface area contributed by atoms with Crippen LogP contribution < -0.4 is 5.73 Å². The van der Waals surface area contributed by atoms with E-state index in [-0.39, 0.29) is 6.04 Å². The standard InChI is InChI=1S/C14H14N4/c1-18-9-16-8-13(18)14(15)11-4-2-6-12-10(11)5-3-7-17-12/h2-9,14H,15H2,1H3. The normalized spacial score (nSPS) is 12.8. The third-order valence-corrected chi connectivity index (χ3v) is 3.19. The lowest BCUT2D eigenvalue weighted by Crippen LogP contribution is -2.15. The number of pyridine rings is 1. The molecular weight excluding hydrogens is 224 g/mol. The third-order valence-electron chi connectivity index (χ3n) is 3.19. The Morgan fingerprint density at radius 3 is 2.89 bits per heavy atom. The Morgan fingerprint density at radius 2 is 2.11 bits per heavy atom. The smallest absolute Gasteiger partial charge is 0.0946 e. The molecule has 2 heterocycles. The molecule has 1 atom stereocenters. The molecule has 0 bridgehead atoms. The van der Waals surface area contributed by atoms with Gasteiger partial charge in [0, 0.05) is 18.6 Å². The van der Waals surface area contributed by atoms with Crippen LogP contribution in [0, 0.1) is 0 Å². The van der Waals surface area contributed by atoms with Crippen molar-refractivity contribution in [3.8, 4) is 0 Å². The molecule has 1 aromatic carbocycles. The maximum atomic E-state index is 6.34. The zero-order valence-corrected chi connectivity index (χ0v) is 10.1. The molecule has 3 aromatic rings. The van der Waals surface area contributed by atoms with Crippen molar-refractivity contribution in [1.82, 2.24) is 14.5 Å². The van der Waals surface area contributed by atoms with Crippen molar-refractivity contribution >= 4 is 10.9 Å². The summed E-state index contributed by atoms with van der Waals surface area (Å²) in [6.07, 6.45) is 5.36. The minimum atomic E-state index is -0.189. The van der Waals surface area contributed by atoms with Gasteiger partial charge in [0.15, 0.2) is 0 Å². The van der Waals surface area contributed by atoms with Crippen LogP contribution in [0.4, 0.5) is 0 Å².